The Hall–Kier alpha value is -6.24. The van der Waals surface area contributed by atoms with Gasteiger partial charge in [0, 0.05) is 34.3 Å². The van der Waals surface area contributed by atoms with Crippen LogP contribution in [-0.4, -0.2) is 19.8 Å². The van der Waals surface area contributed by atoms with Gasteiger partial charge in [-0.3, -0.25) is 20.2 Å². The number of halogens is 2. The molecule has 2 aliphatic heterocycles. The molecule has 0 saturated carbocycles. The van der Waals surface area contributed by atoms with E-state index in [2.05, 4.69) is 9.97 Å². The highest BCUT2D eigenvalue weighted by Gasteiger charge is 2.24. The van der Waals surface area contributed by atoms with Crippen molar-refractivity contribution >= 4 is 34.6 Å². The molecule has 4 heterocycles. The lowest BCUT2D eigenvalue weighted by Gasteiger charge is -2.27. The molecule has 2 atom stereocenters. The Morgan fingerprint density at radius 2 is 1.04 bits per heavy atom. The first kappa shape index (κ1) is 36.1. The van der Waals surface area contributed by atoms with Crippen LogP contribution in [0.4, 0.5) is 11.4 Å². The van der Waals surface area contributed by atoms with E-state index in [0.29, 0.717) is 33.3 Å². The van der Waals surface area contributed by atoms with E-state index in [1.165, 1.54) is 36.7 Å². The smallest absolute Gasteiger partial charge is 0.287 e. The molecule has 4 aromatic carbocycles. The number of ether oxygens (including phenoxy) is 4. The third-order valence-corrected chi connectivity index (χ3v) is 9.17. The van der Waals surface area contributed by atoms with Crippen molar-refractivity contribution in [2.24, 2.45) is 0 Å². The summed E-state index contributed by atoms with van der Waals surface area (Å²) >= 11 is 12.1. The normalized spacial score (nSPS) is 15.5. The molecule has 14 heteroatoms. The van der Waals surface area contributed by atoms with Crippen molar-refractivity contribution < 1.29 is 28.8 Å². The first-order valence-electron chi connectivity index (χ1n) is 16.8. The van der Waals surface area contributed by atoms with Crippen LogP contribution in [0.15, 0.2) is 122 Å². The van der Waals surface area contributed by atoms with Crippen LogP contribution >= 0.6 is 23.2 Å². The number of hydrogen-bond donors (Lipinski definition) is 0. The standard InChI is InChI=1S/2C20H15ClN2O4/c2*21-15-3-1-2-13(10-15)18-7-4-14-11-17(6-8-19(14)27-18)26-20-9-5-16(12-22-20)23(24)25/h2*1-3,5-6,8-12,18H,4,7H2. The molecule has 8 rings (SSSR count). The quantitative estimate of drug-likeness (QED) is 0.108. The first-order chi connectivity index (χ1) is 26.2. The summed E-state index contributed by atoms with van der Waals surface area (Å²) in [4.78, 5) is 28.3. The van der Waals surface area contributed by atoms with Crippen LogP contribution in [0.5, 0.6) is 34.8 Å². The Kier molecular flexibility index (Phi) is 10.8. The number of fused-ring (bicyclic) bond motifs is 2. The van der Waals surface area contributed by atoms with Gasteiger partial charge in [-0.05, 0) is 109 Å². The predicted octanol–water partition coefficient (Wildman–Crippen LogP) is 11.0. The molecule has 2 aliphatic rings. The maximum absolute atomic E-state index is 10.7. The number of rotatable bonds is 8. The molecule has 0 saturated heterocycles. The van der Waals surface area contributed by atoms with Crippen LogP contribution in [0.1, 0.15) is 47.3 Å². The van der Waals surface area contributed by atoms with E-state index in [9.17, 15) is 20.2 Å². The number of benzene rings is 4. The van der Waals surface area contributed by atoms with Gasteiger partial charge in [0.05, 0.1) is 9.85 Å². The Morgan fingerprint density at radius 3 is 1.41 bits per heavy atom. The summed E-state index contributed by atoms with van der Waals surface area (Å²) in [5.41, 5.74) is 4.06. The predicted molar refractivity (Wildman–Crippen MR) is 201 cm³/mol. The summed E-state index contributed by atoms with van der Waals surface area (Å²) in [5, 5.41) is 22.8. The molecule has 272 valence electrons. The molecule has 0 spiro atoms. The van der Waals surface area contributed by atoms with Crippen molar-refractivity contribution in [2.45, 2.75) is 37.9 Å². The number of hydrogen-bond acceptors (Lipinski definition) is 10. The van der Waals surface area contributed by atoms with Gasteiger partial charge >= 0.3 is 0 Å². The minimum atomic E-state index is -0.497. The van der Waals surface area contributed by atoms with Crippen molar-refractivity contribution in [2.75, 3.05) is 0 Å². The van der Waals surface area contributed by atoms with Crippen molar-refractivity contribution in [3.63, 3.8) is 0 Å². The molecular weight excluding hydrogens is 735 g/mol. The lowest BCUT2D eigenvalue weighted by atomic mass is 9.97. The maximum Gasteiger partial charge on any atom is 0.287 e. The summed E-state index contributed by atoms with van der Waals surface area (Å²) in [6.45, 7) is 0. The van der Waals surface area contributed by atoms with E-state index in [0.717, 1.165) is 59.4 Å². The van der Waals surface area contributed by atoms with E-state index in [1.807, 2.05) is 72.8 Å². The van der Waals surface area contributed by atoms with E-state index in [1.54, 1.807) is 12.1 Å². The second kappa shape index (κ2) is 16.2. The van der Waals surface area contributed by atoms with Crippen LogP contribution in [-0.2, 0) is 12.8 Å². The Morgan fingerprint density at radius 1 is 0.593 bits per heavy atom. The number of aryl methyl sites for hydroxylation is 2. The number of aromatic nitrogens is 2. The van der Waals surface area contributed by atoms with Crippen LogP contribution < -0.4 is 18.9 Å². The summed E-state index contributed by atoms with van der Waals surface area (Å²) in [7, 11) is 0. The van der Waals surface area contributed by atoms with E-state index >= 15 is 0 Å². The van der Waals surface area contributed by atoms with Gasteiger partial charge in [-0.15, -0.1) is 0 Å². The molecule has 2 aromatic heterocycles. The van der Waals surface area contributed by atoms with Crippen molar-refractivity contribution in [3.8, 4) is 34.8 Å². The molecule has 0 radical (unpaired) electrons. The van der Waals surface area contributed by atoms with Crippen molar-refractivity contribution in [1.29, 1.82) is 0 Å². The molecule has 0 aliphatic carbocycles. The van der Waals surface area contributed by atoms with Gasteiger partial charge < -0.3 is 18.9 Å². The molecule has 0 fully saturated rings. The Bertz CT molecular complexity index is 2150. The minimum absolute atomic E-state index is 0.0284. The van der Waals surface area contributed by atoms with Crippen molar-refractivity contribution in [3.05, 3.63) is 174 Å². The first-order valence-corrected chi connectivity index (χ1v) is 17.6. The third-order valence-electron chi connectivity index (χ3n) is 8.70. The molecule has 0 N–H and O–H groups in total. The van der Waals surface area contributed by atoms with E-state index in [-0.39, 0.29) is 23.6 Å². The van der Waals surface area contributed by atoms with Gasteiger partial charge in [0.1, 0.15) is 47.6 Å². The molecule has 54 heavy (non-hydrogen) atoms. The average molecular weight is 766 g/mol. The number of nitro groups is 2. The highest BCUT2D eigenvalue weighted by atomic mass is 35.5. The zero-order chi connectivity index (χ0) is 37.6. The largest absolute Gasteiger partial charge is 0.485 e. The van der Waals surface area contributed by atoms with Gasteiger partial charge in [0.2, 0.25) is 11.8 Å². The lowest BCUT2D eigenvalue weighted by Crippen LogP contribution is -2.15. The van der Waals surface area contributed by atoms with E-state index < -0.39 is 9.85 Å². The van der Waals surface area contributed by atoms with Crippen LogP contribution in [0.25, 0.3) is 0 Å². The highest BCUT2D eigenvalue weighted by Crippen LogP contribution is 2.39. The summed E-state index contributed by atoms with van der Waals surface area (Å²) in [6.07, 6.45) is 5.66. The third kappa shape index (κ3) is 8.85. The van der Waals surface area contributed by atoms with Gasteiger partial charge in [-0.2, -0.15) is 0 Å². The van der Waals surface area contributed by atoms with Gasteiger partial charge in [-0.1, -0.05) is 47.5 Å². The van der Waals surface area contributed by atoms with Crippen LogP contribution in [0.3, 0.4) is 0 Å². The fraction of sp³-hybridized carbons (Fsp3) is 0.150. The zero-order valence-corrected chi connectivity index (χ0v) is 29.9. The summed E-state index contributed by atoms with van der Waals surface area (Å²) < 4.78 is 23.6. The zero-order valence-electron chi connectivity index (χ0n) is 28.3. The molecule has 12 nitrogen and oxygen atoms in total. The second-order valence-electron chi connectivity index (χ2n) is 12.4. The fourth-order valence-corrected chi connectivity index (χ4v) is 6.46. The molecule has 0 bridgehead atoms. The number of pyridine rings is 2. The van der Waals surface area contributed by atoms with Crippen LogP contribution in [0.2, 0.25) is 10.0 Å². The SMILES string of the molecule is O=[N+]([O-])c1ccc(Oc2ccc3c(c2)CCC(c2cccc(Cl)c2)O3)nc1.O=[N+]([O-])c1ccc(Oc2ccc3c(c2)CCC(c2cccc(Cl)c2)O3)nc1. The molecule has 6 aromatic rings. The second-order valence-corrected chi connectivity index (χ2v) is 13.2. The highest BCUT2D eigenvalue weighted by molar-refractivity contribution is 6.30. The summed E-state index contributed by atoms with van der Waals surface area (Å²) in [6, 6.07) is 32.2. The van der Waals surface area contributed by atoms with Crippen molar-refractivity contribution in [1.82, 2.24) is 9.97 Å². The molecule has 0 amide bonds. The van der Waals surface area contributed by atoms with Gasteiger partial charge in [0.25, 0.3) is 11.4 Å². The Balaban J connectivity index is 0.000000167. The van der Waals surface area contributed by atoms with E-state index in [4.69, 9.17) is 42.1 Å². The topological polar surface area (TPSA) is 149 Å². The average Bonchev–Trinajstić information content (AvgIpc) is 3.18. The monoisotopic (exact) mass is 764 g/mol. The van der Waals surface area contributed by atoms with Gasteiger partial charge in [-0.25, -0.2) is 9.97 Å². The van der Waals surface area contributed by atoms with Gasteiger partial charge in [0.15, 0.2) is 0 Å². The maximum atomic E-state index is 10.7. The fourth-order valence-electron chi connectivity index (χ4n) is 6.06. The molecule has 2 unspecified atom stereocenters. The summed E-state index contributed by atoms with van der Waals surface area (Å²) in [5.74, 6) is 3.45. The minimum Gasteiger partial charge on any atom is -0.485 e. The van der Waals surface area contributed by atoms with Crippen LogP contribution in [0, 0.1) is 20.2 Å². The Labute approximate surface area is 319 Å². The number of nitrogens with zero attached hydrogens (tertiary/aromatic N) is 4. The molecular formula is C40H30Cl2N4O8. The lowest BCUT2D eigenvalue weighted by molar-refractivity contribution is -0.385.